The minimum Gasteiger partial charge on any atom is -0.501 e. The van der Waals surface area contributed by atoms with Crippen molar-refractivity contribution in [1.82, 2.24) is 9.97 Å². The number of para-hydroxylation sites is 1. The van der Waals surface area contributed by atoms with E-state index in [4.69, 9.17) is 17.9 Å². The summed E-state index contributed by atoms with van der Waals surface area (Å²) in [7, 11) is 0. The molecular formula is C53H44GeIrN2O2-2. The van der Waals surface area contributed by atoms with Gasteiger partial charge in [-0.05, 0) is 35.3 Å². The third kappa shape index (κ3) is 7.83. The Bertz CT molecular complexity index is 3190. The summed E-state index contributed by atoms with van der Waals surface area (Å²) in [6, 6.07) is 55.3. The van der Waals surface area contributed by atoms with Crippen molar-refractivity contribution in [2.24, 2.45) is 0 Å². The number of hydrogen-bond acceptors (Lipinski definition) is 4. The summed E-state index contributed by atoms with van der Waals surface area (Å²) >= 11 is -1.87. The second-order valence-corrected chi connectivity index (χ2v) is 26.9. The number of nitrogens with zero attached hydrogens (tertiary/aromatic N) is 2. The van der Waals surface area contributed by atoms with E-state index in [1.807, 2.05) is 78.9 Å². The Morgan fingerprint density at radius 1 is 0.610 bits per heavy atom. The molecule has 59 heavy (non-hydrogen) atoms. The van der Waals surface area contributed by atoms with Gasteiger partial charge in [-0.2, -0.15) is 0 Å². The Kier molecular flexibility index (Phi) is 10.0. The molecule has 0 bridgehead atoms. The number of hydrogen-bond donors (Lipinski definition) is 0. The van der Waals surface area contributed by atoms with Gasteiger partial charge in [-0.1, -0.05) is 95.9 Å². The SMILES string of the molecule is CC(C)(c1ccccc1)c1ccc2oc3c[c-]c(-c4cc[c]([Ge]([CH3])([CH3])[CH3])cn4)cc3c2c1.[2H]C([2H])([2H])c1cnc(-c2[c-]ccc3c2oc2ccccc23)cc1-c1ccccc1.[Ir]. The van der Waals surface area contributed by atoms with Crippen molar-refractivity contribution in [3.8, 4) is 33.6 Å². The molecule has 0 aliphatic rings. The van der Waals surface area contributed by atoms with Crippen molar-refractivity contribution in [3.63, 3.8) is 0 Å². The molecule has 1 radical (unpaired) electrons. The molecule has 0 amide bonds. The minimum absolute atomic E-state index is 0. The number of fused-ring (bicyclic) bond motifs is 6. The Morgan fingerprint density at radius 2 is 1.32 bits per heavy atom. The van der Waals surface area contributed by atoms with E-state index in [9.17, 15) is 0 Å². The zero-order valence-corrected chi connectivity index (χ0v) is 38.0. The predicted octanol–water partition coefficient (Wildman–Crippen LogP) is 13.7. The first kappa shape index (κ1) is 36.5. The molecule has 4 heterocycles. The number of aryl methyl sites for hydroxylation is 1. The van der Waals surface area contributed by atoms with Crippen LogP contribution in [0.1, 0.15) is 34.7 Å². The third-order valence-corrected chi connectivity index (χ3v) is 15.4. The van der Waals surface area contributed by atoms with Crippen LogP contribution in [-0.2, 0) is 25.5 Å². The van der Waals surface area contributed by atoms with E-state index < -0.39 is 20.1 Å². The van der Waals surface area contributed by atoms with Crippen LogP contribution in [0.4, 0.5) is 0 Å². The summed E-state index contributed by atoms with van der Waals surface area (Å²) in [6.45, 7) is 2.29. The summed E-state index contributed by atoms with van der Waals surface area (Å²) in [6.07, 6.45) is 3.50. The normalized spacial score (nSPS) is 12.7. The maximum atomic E-state index is 7.91. The first-order valence-electron chi connectivity index (χ1n) is 21.0. The fraction of sp³-hybridized carbons (Fsp3) is 0.132. The van der Waals surface area contributed by atoms with E-state index in [0.29, 0.717) is 22.4 Å². The number of aromatic nitrogens is 2. The van der Waals surface area contributed by atoms with Gasteiger partial charge in [0, 0.05) is 35.8 Å². The third-order valence-electron chi connectivity index (χ3n) is 11.1. The van der Waals surface area contributed by atoms with Crippen LogP contribution in [0.25, 0.3) is 77.5 Å². The molecule has 0 N–H and O–H groups in total. The van der Waals surface area contributed by atoms with Crippen LogP contribution in [0, 0.1) is 19.0 Å². The van der Waals surface area contributed by atoms with Crippen LogP contribution in [-0.4, -0.2) is 23.2 Å². The Balaban J connectivity index is 0.000000169. The Labute approximate surface area is 366 Å². The number of rotatable bonds is 6. The van der Waals surface area contributed by atoms with Crippen molar-refractivity contribution >= 4 is 61.5 Å². The molecule has 0 saturated carbocycles. The van der Waals surface area contributed by atoms with E-state index in [1.54, 1.807) is 0 Å². The number of benzene rings is 6. The van der Waals surface area contributed by atoms with Crippen LogP contribution in [0.3, 0.4) is 0 Å². The van der Waals surface area contributed by atoms with Gasteiger partial charge in [0.05, 0.1) is 5.58 Å². The molecule has 0 fully saturated rings. The van der Waals surface area contributed by atoms with Gasteiger partial charge in [-0.15, -0.1) is 18.2 Å². The van der Waals surface area contributed by atoms with Gasteiger partial charge in [0.25, 0.3) is 0 Å². The number of furan rings is 2. The standard InChI is InChI=1S/C29H28GeNO.C24H16NO.Ir/c1-29(2,21-9-7-6-8-10-21)22-12-16-28-25(18-22)24-17-20(11-15-27(24)32-28)26-14-13-23(19-31-26)30(3,4)5;1-16-15-25-22(14-21(16)17-8-3-2-4-9-17)20-12-7-11-19-18-10-5-6-13-23(18)26-24(19)20;/h6-10,12-19H,1-5H3;2-11,13-15H,1H3;/q2*-1;/i;1D3;. The van der Waals surface area contributed by atoms with Gasteiger partial charge in [-0.3, -0.25) is 0 Å². The van der Waals surface area contributed by atoms with Crippen molar-refractivity contribution in [2.45, 2.75) is 43.4 Å². The van der Waals surface area contributed by atoms with Gasteiger partial charge in [0.1, 0.15) is 5.58 Å². The summed E-state index contributed by atoms with van der Waals surface area (Å²) in [5.74, 6) is 7.17. The van der Waals surface area contributed by atoms with Crippen molar-refractivity contribution in [3.05, 3.63) is 187 Å². The average Bonchev–Trinajstić information content (AvgIpc) is 3.84. The first-order chi connectivity index (χ1) is 29.3. The van der Waals surface area contributed by atoms with Gasteiger partial charge in [0.2, 0.25) is 0 Å². The fourth-order valence-electron chi connectivity index (χ4n) is 7.61. The fourth-order valence-corrected chi connectivity index (χ4v) is 9.78. The van der Waals surface area contributed by atoms with Crippen molar-refractivity contribution < 1.29 is 33.1 Å². The van der Waals surface area contributed by atoms with E-state index >= 15 is 0 Å². The Hall–Kier alpha value is -5.59. The second-order valence-electron chi connectivity index (χ2n) is 16.3. The maximum Gasteiger partial charge on any atom is 0.120 e. The molecule has 4 nitrogen and oxygen atoms in total. The smallest absolute Gasteiger partial charge is 0.120 e. The molecule has 293 valence electrons. The molecule has 6 heteroatoms. The largest absolute Gasteiger partial charge is 0.501 e. The average molecular weight is 1010 g/mol. The van der Waals surface area contributed by atoms with Crippen LogP contribution in [0.2, 0.25) is 17.3 Å². The van der Waals surface area contributed by atoms with Gasteiger partial charge >= 0.3 is 163 Å². The zero-order chi connectivity index (χ0) is 42.5. The predicted molar refractivity (Wildman–Crippen MR) is 243 cm³/mol. The minimum atomic E-state index is -2.26. The van der Waals surface area contributed by atoms with E-state index in [0.717, 1.165) is 55.1 Å². The molecular weight excluding hydrogens is 961 g/mol. The summed E-state index contributed by atoms with van der Waals surface area (Å²) in [4.78, 5) is 9.24. The van der Waals surface area contributed by atoms with Gasteiger partial charge < -0.3 is 9.40 Å². The van der Waals surface area contributed by atoms with Gasteiger partial charge in [-0.25, -0.2) is 0 Å². The monoisotopic (exact) mass is 1010 g/mol. The molecule has 10 rings (SSSR count). The molecule has 0 saturated heterocycles. The molecule has 0 unspecified atom stereocenters. The van der Waals surface area contributed by atoms with Crippen LogP contribution in [0.5, 0.6) is 0 Å². The summed E-state index contributed by atoms with van der Waals surface area (Å²) in [5.41, 5.74) is 10.7. The topological polar surface area (TPSA) is 52.1 Å². The molecule has 6 aromatic carbocycles. The second kappa shape index (κ2) is 16.2. The molecule has 0 atom stereocenters. The van der Waals surface area contributed by atoms with Crippen molar-refractivity contribution in [2.75, 3.05) is 0 Å². The van der Waals surface area contributed by atoms with Crippen molar-refractivity contribution in [1.29, 1.82) is 0 Å². The Morgan fingerprint density at radius 3 is 2.07 bits per heavy atom. The molecule has 10 aromatic rings. The summed E-state index contributed by atoms with van der Waals surface area (Å²) in [5, 5.41) is 4.26. The van der Waals surface area contributed by atoms with E-state index in [1.165, 1.54) is 21.7 Å². The molecule has 4 aromatic heterocycles. The van der Waals surface area contributed by atoms with Crippen LogP contribution in [0.15, 0.2) is 167 Å². The molecule has 0 aliphatic heterocycles. The van der Waals surface area contributed by atoms with E-state index in [-0.39, 0.29) is 31.1 Å². The quantitative estimate of drug-likeness (QED) is 0.123. The number of pyridine rings is 2. The first-order valence-corrected chi connectivity index (χ1v) is 26.9. The van der Waals surface area contributed by atoms with Crippen LogP contribution < -0.4 is 4.40 Å². The van der Waals surface area contributed by atoms with E-state index in [2.05, 4.69) is 121 Å². The zero-order valence-electron chi connectivity index (χ0n) is 36.6. The molecule has 0 spiro atoms. The molecule has 0 aliphatic carbocycles. The van der Waals surface area contributed by atoms with Crippen LogP contribution >= 0.6 is 0 Å². The van der Waals surface area contributed by atoms with Gasteiger partial charge in [0.15, 0.2) is 0 Å². The summed E-state index contributed by atoms with van der Waals surface area (Å²) < 4.78 is 37.4. The maximum absolute atomic E-state index is 7.91.